The van der Waals surface area contributed by atoms with E-state index < -0.39 is 5.60 Å². The van der Waals surface area contributed by atoms with Gasteiger partial charge in [0, 0.05) is 12.2 Å². The summed E-state index contributed by atoms with van der Waals surface area (Å²) in [4.78, 5) is 11.8. The standard InChI is InChI=1S/C13H20N2O2/c1-10(14-9-13(2,3)17)12(16)15-11-7-5-4-6-8-11/h4-8,10,14,17H,9H2,1-3H3,(H,15,16). The Morgan fingerprint density at radius 1 is 1.35 bits per heavy atom. The molecule has 0 saturated carbocycles. The number of hydrogen-bond donors (Lipinski definition) is 3. The van der Waals surface area contributed by atoms with Crippen LogP contribution in [0.5, 0.6) is 0 Å². The van der Waals surface area contributed by atoms with Crippen molar-refractivity contribution in [3.05, 3.63) is 30.3 Å². The van der Waals surface area contributed by atoms with Crippen LogP contribution in [0.4, 0.5) is 5.69 Å². The molecule has 0 radical (unpaired) electrons. The van der Waals surface area contributed by atoms with Crippen molar-refractivity contribution in [3.63, 3.8) is 0 Å². The fraction of sp³-hybridized carbons (Fsp3) is 0.462. The van der Waals surface area contributed by atoms with Crippen LogP contribution in [0.2, 0.25) is 0 Å². The van der Waals surface area contributed by atoms with Crippen LogP contribution >= 0.6 is 0 Å². The molecule has 0 bridgehead atoms. The number of carbonyl (C=O) groups excluding carboxylic acids is 1. The number of para-hydroxylation sites is 1. The van der Waals surface area contributed by atoms with Crippen LogP contribution in [0, 0.1) is 0 Å². The van der Waals surface area contributed by atoms with Gasteiger partial charge < -0.3 is 15.7 Å². The van der Waals surface area contributed by atoms with Gasteiger partial charge in [0.1, 0.15) is 0 Å². The van der Waals surface area contributed by atoms with Gasteiger partial charge in [-0.2, -0.15) is 0 Å². The quantitative estimate of drug-likeness (QED) is 0.723. The van der Waals surface area contributed by atoms with Crippen LogP contribution in [-0.4, -0.2) is 29.2 Å². The molecule has 1 unspecified atom stereocenters. The number of carbonyl (C=O) groups is 1. The van der Waals surface area contributed by atoms with Gasteiger partial charge in [-0.05, 0) is 32.9 Å². The van der Waals surface area contributed by atoms with Gasteiger partial charge >= 0.3 is 0 Å². The Kier molecular flexibility index (Phi) is 4.66. The molecule has 4 heteroatoms. The molecule has 4 nitrogen and oxygen atoms in total. The molecule has 3 N–H and O–H groups in total. The van der Waals surface area contributed by atoms with Crippen molar-refractivity contribution in [2.45, 2.75) is 32.4 Å². The Bertz CT molecular complexity index is 357. The first kappa shape index (κ1) is 13.7. The fourth-order valence-corrected chi connectivity index (χ4v) is 1.27. The molecule has 0 aromatic heterocycles. The molecule has 0 saturated heterocycles. The van der Waals surface area contributed by atoms with E-state index in [1.54, 1.807) is 20.8 Å². The van der Waals surface area contributed by atoms with E-state index in [9.17, 15) is 9.90 Å². The summed E-state index contributed by atoms with van der Waals surface area (Å²) in [5, 5.41) is 15.3. The number of rotatable bonds is 5. The molecule has 1 aromatic carbocycles. The van der Waals surface area contributed by atoms with E-state index in [0.717, 1.165) is 5.69 Å². The maximum Gasteiger partial charge on any atom is 0.241 e. The molecule has 1 rings (SSSR count). The Labute approximate surface area is 102 Å². The van der Waals surface area contributed by atoms with Crippen molar-refractivity contribution in [3.8, 4) is 0 Å². The Morgan fingerprint density at radius 3 is 2.47 bits per heavy atom. The fourth-order valence-electron chi connectivity index (χ4n) is 1.27. The van der Waals surface area contributed by atoms with Gasteiger partial charge in [-0.15, -0.1) is 0 Å². The molecule has 1 aromatic rings. The van der Waals surface area contributed by atoms with E-state index in [4.69, 9.17) is 0 Å². The molecule has 0 heterocycles. The van der Waals surface area contributed by atoms with Crippen LogP contribution in [-0.2, 0) is 4.79 Å². The van der Waals surface area contributed by atoms with Gasteiger partial charge in [0.15, 0.2) is 0 Å². The van der Waals surface area contributed by atoms with E-state index in [1.807, 2.05) is 30.3 Å². The van der Waals surface area contributed by atoms with Gasteiger partial charge in [-0.1, -0.05) is 18.2 Å². The molecule has 17 heavy (non-hydrogen) atoms. The third-order valence-corrected chi connectivity index (χ3v) is 2.28. The molecular weight excluding hydrogens is 216 g/mol. The molecular formula is C13H20N2O2. The minimum atomic E-state index is -0.818. The minimum absolute atomic E-state index is 0.111. The summed E-state index contributed by atoms with van der Waals surface area (Å²) in [6.07, 6.45) is 0. The molecule has 1 atom stereocenters. The zero-order chi connectivity index (χ0) is 12.9. The second kappa shape index (κ2) is 5.80. The van der Waals surface area contributed by atoms with E-state index in [2.05, 4.69) is 10.6 Å². The molecule has 0 spiro atoms. The van der Waals surface area contributed by atoms with E-state index in [-0.39, 0.29) is 11.9 Å². The maximum absolute atomic E-state index is 11.8. The van der Waals surface area contributed by atoms with Crippen LogP contribution in [0.25, 0.3) is 0 Å². The lowest BCUT2D eigenvalue weighted by Gasteiger charge is -2.21. The Balaban J connectivity index is 2.43. The van der Waals surface area contributed by atoms with Crippen molar-refractivity contribution >= 4 is 11.6 Å². The maximum atomic E-state index is 11.8. The van der Waals surface area contributed by atoms with Gasteiger partial charge in [0.05, 0.1) is 11.6 Å². The third kappa shape index (κ3) is 5.47. The van der Waals surface area contributed by atoms with Crippen molar-refractivity contribution in [1.82, 2.24) is 5.32 Å². The number of benzene rings is 1. The van der Waals surface area contributed by atoms with Crippen LogP contribution < -0.4 is 10.6 Å². The van der Waals surface area contributed by atoms with Crippen LogP contribution in [0.15, 0.2) is 30.3 Å². The predicted octanol–water partition coefficient (Wildman–Crippen LogP) is 1.37. The van der Waals surface area contributed by atoms with Crippen molar-refractivity contribution in [1.29, 1.82) is 0 Å². The lowest BCUT2D eigenvalue weighted by Crippen LogP contribution is -2.44. The largest absolute Gasteiger partial charge is 0.389 e. The highest BCUT2D eigenvalue weighted by molar-refractivity contribution is 5.94. The van der Waals surface area contributed by atoms with Crippen LogP contribution in [0.3, 0.4) is 0 Å². The normalized spacial score (nSPS) is 13.2. The highest BCUT2D eigenvalue weighted by Gasteiger charge is 2.17. The average molecular weight is 236 g/mol. The summed E-state index contributed by atoms with van der Waals surface area (Å²) in [6, 6.07) is 8.95. The topological polar surface area (TPSA) is 61.4 Å². The van der Waals surface area contributed by atoms with Crippen molar-refractivity contribution in [2.75, 3.05) is 11.9 Å². The Hall–Kier alpha value is -1.39. The lowest BCUT2D eigenvalue weighted by molar-refractivity contribution is -0.117. The van der Waals surface area contributed by atoms with Crippen molar-refractivity contribution in [2.24, 2.45) is 0 Å². The molecule has 0 fully saturated rings. The number of aliphatic hydroxyl groups is 1. The van der Waals surface area contributed by atoms with Crippen molar-refractivity contribution < 1.29 is 9.90 Å². The first-order valence-electron chi connectivity index (χ1n) is 5.70. The van der Waals surface area contributed by atoms with Gasteiger partial charge in [-0.3, -0.25) is 4.79 Å². The van der Waals surface area contributed by atoms with Gasteiger partial charge in [0.25, 0.3) is 0 Å². The summed E-state index contributed by atoms with van der Waals surface area (Å²) in [7, 11) is 0. The number of hydrogen-bond acceptors (Lipinski definition) is 3. The summed E-state index contributed by atoms with van der Waals surface area (Å²) in [5.74, 6) is -0.111. The molecule has 0 aliphatic rings. The van der Waals surface area contributed by atoms with E-state index in [1.165, 1.54) is 0 Å². The smallest absolute Gasteiger partial charge is 0.241 e. The van der Waals surface area contributed by atoms with Gasteiger partial charge in [0.2, 0.25) is 5.91 Å². The lowest BCUT2D eigenvalue weighted by atomic mass is 10.1. The molecule has 94 valence electrons. The highest BCUT2D eigenvalue weighted by atomic mass is 16.3. The number of amides is 1. The third-order valence-electron chi connectivity index (χ3n) is 2.28. The predicted molar refractivity (Wildman–Crippen MR) is 68.8 cm³/mol. The molecule has 0 aliphatic carbocycles. The second-order valence-corrected chi connectivity index (χ2v) is 4.77. The van der Waals surface area contributed by atoms with E-state index in [0.29, 0.717) is 6.54 Å². The summed E-state index contributed by atoms with van der Waals surface area (Å²) in [5.41, 5.74) is -0.0456. The summed E-state index contributed by atoms with van der Waals surface area (Å²) in [6.45, 7) is 5.53. The Morgan fingerprint density at radius 2 is 1.94 bits per heavy atom. The van der Waals surface area contributed by atoms with Crippen LogP contribution in [0.1, 0.15) is 20.8 Å². The SMILES string of the molecule is CC(NCC(C)(C)O)C(=O)Nc1ccccc1. The molecule has 1 amide bonds. The zero-order valence-electron chi connectivity index (χ0n) is 10.5. The summed E-state index contributed by atoms with van der Waals surface area (Å²) >= 11 is 0. The minimum Gasteiger partial charge on any atom is -0.389 e. The second-order valence-electron chi connectivity index (χ2n) is 4.77. The highest BCUT2D eigenvalue weighted by Crippen LogP contribution is 2.05. The molecule has 0 aliphatic heterocycles. The summed E-state index contributed by atoms with van der Waals surface area (Å²) < 4.78 is 0. The average Bonchev–Trinajstić information content (AvgIpc) is 2.26. The van der Waals surface area contributed by atoms with Gasteiger partial charge in [-0.25, -0.2) is 0 Å². The first-order chi connectivity index (χ1) is 7.88. The monoisotopic (exact) mass is 236 g/mol. The zero-order valence-corrected chi connectivity index (χ0v) is 10.5. The number of nitrogens with one attached hydrogen (secondary N) is 2. The van der Waals surface area contributed by atoms with E-state index >= 15 is 0 Å². The first-order valence-corrected chi connectivity index (χ1v) is 5.70. The number of anilines is 1.